The molecular weight excluding hydrogens is 2100 g/mol. The number of hydrogen-bond donors (Lipinski definition) is 8. The Balaban J connectivity index is 0.000000150. The Hall–Kier alpha value is -12.1. The van der Waals surface area contributed by atoms with Gasteiger partial charge in [0, 0.05) is 168 Å². The van der Waals surface area contributed by atoms with Crippen molar-refractivity contribution in [3.05, 3.63) is 348 Å². The number of carbonyl (C=O) groups excluding carboxylic acids is 3. The molecule has 29 nitrogen and oxygen atoms in total. The number of halogens is 7. The van der Waals surface area contributed by atoms with Gasteiger partial charge in [-0.05, 0) is 275 Å². The number of piperidine rings is 2. The molecular formula is C111H123Cl6FN14O15S3. The number of rotatable bonds is 32. The van der Waals surface area contributed by atoms with Crippen LogP contribution >= 0.6 is 69.6 Å². The summed E-state index contributed by atoms with van der Waals surface area (Å²) in [6.07, 6.45) is 10.7. The van der Waals surface area contributed by atoms with Crippen LogP contribution in [0.2, 0.25) is 30.1 Å². The number of hydrogen-bond acceptors (Lipinski definition) is 23. The fourth-order valence-electron chi connectivity index (χ4n) is 16.8. The van der Waals surface area contributed by atoms with Gasteiger partial charge >= 0.3 is 0 Å². The molecule has 12 aromatic carbocycles. The largest absolute Gasteiger partial charge is 0.496 e. The number of ether oxygens (including phenoxy) is 5. The standard InChI is InChI=1S/C21H25ClN2O2.C19H24ClN3O3S.C19H23ClN2O3S.C18H21ClFN3O2S.C18H19ClN2O3.C16H11ClN2O2/c1-26-20-10-7-17(22)15-19(20)21(25)23-18-8-5-16(6-9-18)11-14-24-12-3-2-4-13-24;1-26-18-7-4-16(20)14-19(18)27(24,25)22-17-5-2-15(3-6-17)8-11-23-12-9-21-10-13-23;1-25-18-10-7-16(20)13-19(18)26(23,24)21-17-8-5-15(6-9-17)14-22-11-3-2-4-12-22;19-17-13-16(5-6-18(17)20)26(24,25)22-15-3-1-14(2-4-15)7-10-23-11-8-21-9-12-23;1-23-17-7-2-13(19)12-16(17)18(22)20-14-3-5-15(6-4-14)21-8-10-24-11-9-21;17-12-7-4-8-13(9-12)18-16(20)14-10-15(21-19-14)11-5-2-1-3-6-11/h5-10,15H,2-4,11-14H2,1H3,(H,23,25);2-7,14,21-22H,8-13H2,1H3;5-10,13,21H,2-4,11-12,14H2,1H3;1-6,13,21-22H,7-12H2;2-7,12H,8-11H2,1H3,(H,20,22);1-10H,(H,18,20). The van der Waals surface area contributed by atoms with E-state index in [1.807, 2.05) is 103 Å². The molecule has 794 valence electrons. The molecule has 0 spiro atoms. The number of benzene rings is 12. The molecule has 8 N–H and O–H groups in total. The third kappa shape index (κ3) is 36.1. The average molecular weight is 2220 g/mol. The van der Waals surface area contributed by atoms with Crippen LogP contribution in [0.4, 0.5) is 44.2 Å². The quantitative estimate of drug-likeness (QED) is 0.0194. The lowest BCUT2D eigenvalue weighted by atomic mass is 10.1. The molecule has 0 radical (unpaired) electrons. The number of methoxy groups -OCH3 is 4. The number of nitrogens with zero attached hydrogens (tertiary/aromatic N) is 6. The van der Waals surface area contributed by atoms with Gasteiger partial charge in [0.05, 0.1) is 62.7 Å². The lowest BCUT2D eigenvalue weighted by molar-refractivity contribution is 0.101. The second-order valence-electron chi connectivity index (χ2n) is 35.6. The van der Waals surface area contributed by atoms with Crippen LogP contribution in [0.25, 0.3) is 11.3 Å². The van der Waals surface area contributed by atoms with E-state index in [1.165, 1.54) is 121 Å². The summed E-state index contributed by atoms with van der Waals surface area (Å²) < 4.78 is 128. The lowest BCUT2D eigenvalue weighted by Crippen LogP contribution is -2.44. The van der Waals surface area contributed by atoms with Crippen molar-refractivity contribution in [2.75, 3.05) is 188 Å². The van der Waals surface area contributed by atoms with Crippen LogP contribution in [0.3, 0.4) is 0 Å². The minimum Gasteiger partial charge on any atom is -0.496 e. The molecule has 0 saturated carbocycles. The highest BCUT2D eigenvalue weighted by molar-refractivity contribution is 7.93. The molecule has 5 fully saturated rings. The highest BCUT2D eigenvalue weighted by atomic mass is 35.5. The number of nitrogens with one attached hydrogen (secondary N) is 8. The Labute approximate surface area is 907 Å². The Morgan fingerprint density at radius 3 is 1.20 bits per heavy atom. The first-order chi connectivity index (χ1) is 72.4. The molecule has 5 saturated heterocycles. The minimum absolute atomic E-state index is 0.0142. The van der Waals surface area contributed by atoms with Crippen molar-refractivity contribution in [2.45, 2.75) is 79.0 Å². The highest BCUT2D eigenvalue weighted by Gasteiger charge is 2.27. The van der Waals surface area contributed by atoms with E-state index in [1.54, 1.807) is 121 Å². The molecule has 18 rings (SSSR count). The molecule has 0 atom stereocenters. The first-order valence-electron chi connectivity index (χ1n) is 49.1. The molecule has 1 aromatic heterocycles. The molecule has 0 bridgehead atoms. The predicted molar refractivity (Wildman–Crippen MR) is 597 cm³/mol. The van der Waals surface area contributed by atoms with E-state index in [9.17, 15) is 44.0 Å². The first kappa shape index (κ1) is 115. The number of morpholine rings is 1. The summed E-state index contributed by atoms with van der Waals surface area (Å²) in [6, 6.07) is 78.4. The van der Waals surface area contributed by atoms with Gasteiger partial charge in [-0.25, -0.2) is 29.6 Å². The van der Waals surface area contributed by atoms with Gasteiger partial charge in [-0.2, -0.15) is 0 Å². The molecule has 0 unspecified atom stereocenters. The van der Waals surface area contributed by atoms with Gasteiger partial charge in [-0.1, -0.05) is 173 Å². The monoisotopic (exact) mass is 2220 g/mol. The third-order valence-corrected chi connectivity index (χ3v) is 30.6. The Bertz CT molecular complexity index is 6920. The summed E-state index contributed by atoms with van der Waals surface area (Å²) in [5.41, 5.74) is 11.4. The molecule has 0 aliphatic carbocycles. The third-order valence-electron chi connectivity index (χ3n) is 24.9. The van der Waals surface area contributed by atoms with Crippen molar-refractivity contribution in [3.63, 3.8) is 0 Å². The van der Waals surface area contributed by atoms with Gasteiger partial charge in [0.15, 0.2) is 11.5 Å². The number of likely N-dealkylation sites (tertiary alicyclic amines) is 2. The fourth-order valence-corrected chi connectivity index (χ4v) is 21.6. The van der Waals surface area contributed by atoms with E-state index in [-0.39, 0.29) is 54.6 Å². The summed E-state index contributed by atoms with van der Waals surface area (Å²) in [5.74, 6) is 0.559. The number of carbonyl (C=O) groups is 3. The van der Waals surface area contributed by atoms with E-state index in [4.69, 9.17) is 97.8 Å². The summed E-state index contributed by atoms with van der Waals surface area (Å²) in [7, 11) is -5.48. The van der Waals surface area contributed by atoms with Crippen molar-refractivity contribution >= 4 is 157 Å². The van der Waals surface area contributed by atoms with Gasteiger partial charge in [0.1, 0.15) is 38.6 Å². The summed E-state index contributed by atoms with van der Waals surface area (Å²) in [4.78, 5) is 49.1. The van der Waals surface area contributed by atoms with Crippen LogP contribution in [0.5, 0.6) is 23.0 Å². The Kier molecular flexibility index (Phi) is 44.4. The number of aromatic nitrogens is 1. The van der Waals surface area contributed by atoms with Crippen LogP contribution in [-0.2, 0) is 60.6 Å². The zero-order chi connectivity index (χ0) is 106. The Morgan fingerprint density at radius 2 is 0.760 bits per heavy atom. The van der Waals surface area contributed by atoms with Crippen molar-refractivity contribution in [1.29, 1.82) is 0 Å². The van der Waals surface area contributed by atoms with Gasteiger partial charge in [-0.15, -0.1) is 0 Å². The van der Waals surface area contributed by atoms with Gasteiger partial charge in [0.2, 0.25) is 0 Å². The van der Waals surface area contributed by atoms with Gasteiger partial charge in [0.25, 0.3) is 47.8 Å². The molecule has 6 heterocycles. The van der Waals surface area contributed by atoms with Crippen molar-refractivity contribution < 1.29 is 72.2 Å². The smallest absolute Gasteiger partial charge is 0.277 e. The van der Waals surface area contributed by atoms with Crippen LogP contribution in [-0.4, -0.2) is 221 Å². The lowest BCUT2D eigenvalue weighted by Gasteiger charge is -2.28. The van der Waals surface area contributed by atoms with Crippen molar-refractivity contribution in [2.24, 2.45) is 0 Å². The van der Waals surface area contributed by atoms with Crippen LogP contribution < -0.4 is 64.6 Å². The topological polar surface area (TPSA) is 338 Å². The molecule has 3 amide bonds. The predicted octanol–water partition coefficient (Wildman–Crippen LogP) is 21.8. The summed E-state index contributed by atoms with van der Waals surface area (Å²) in [5, 5.41) is 20.9. The highest BCUT2D eigenvalue weighted by Crippen LogP contribution is 2.35. The fraction of sp³-hybridized carbons (Fsp3) is 0.297. The molecule has 5 aliphatic rings. The van der Waals surface area contributed by atoms with E-state index in [0.29, 0.717) is 76.2 Å². The number of piperazine rings is 2. The van der Waals surface area contributed by atoms with Crippen LogP contribution in [0.15, 0.2) is 292 Å². The molecule has 150 heavy (non-hydrogen) atoms. The van der Waals surface area contributed by atoms with Crippen LogP contribution in [0, 0.1) is 5.82 Å². The van der Waals surface area contributed by atoms with E-state index in [0.717, 1.165) is 178 Å². The van der Waals surface area contributed by atoms with Gasteiger partial charge in [-0.3, -0.25) is 33.4 Å². The second-order valence-corrected chi connectivity index (χ2v) is 43.2. The van der Waals surface area contributed by atoms with E-state index >= 15 is 0 Å². The zero-order valence-electron chi connectivity index (χ0n) is 83.7. The second kappa shape index (κ2) is 57.9. The maximum Gasteiger partial charge on any atom is 0.277 e. The van der Waals surface area contributed by atoms with Gasteiger partial charge < -0.3 is 74.4 Å². The summed E-state index contributed by atoms with van der Waals surface area (Å²) >= 11 is 35.4. The zero-order valence-corrected chi connectivity index (χ0v) is 90.6. The van der Waals surface area contributed by atoms with E-state index < -0.39 is 35.9 Å². The molecule has 39 heteroatoms. The normalized spacial score (nSPS) is 14.5. The van der Waals surface area contributed by atoms with E-state index in [2.05, 4.69) is 82.5 Å². The van der Waals surface area contributed by atoms with Crippen LogP contribution in [0.1, 0.15) is 92.0 Å². The number of anilines is 7. The number of amides is 3. The average Bonchev–Trinajstić information content (AvgIpc) is 0.956. The first-order valence-corrected chi connectivity index (χ1v) is 55.9. The molecule has 13 aromatic rings. The SMILES string of the molecule is COc1ccc(Cl)cc1C(=O)Nc1ccc(CCN2CCCCC2)cc1.COc1ccc(Cl)cc1C(=O)Nc1ccc(N2CCOCC2)cc1.COc1ccc(Cl)cc1S(=O)(=O)Nc1ccc(CCN2CCNCC2)cc1.COc1ccc(Cl)cc1S(=O)(=O)Nc1ccc(CN2CCCCC2)cc1.O=C(Nc1cccc(Cl)c1)c1cc(-c2ccccc2)on1.O=S(=O)(Nc1ccc(CCN2CCNCC2)cc1)c1ccc(F)c(Cl)c1. The molecule has 5 aliphatic heterocycles. The number of sulfonamides is 3. The Morgan fingerprint density at radius 1 is 0.367 bits per heavy atom. The maximum atomic E-state index is 13.2. The summed E-state index contributed by atoms with van der Waals surface area (Å²) in [6.45, 7) is 20.3. The van der Waals surface area contributed by atoms with Crippen molar-refractivity contribution in [3.8, 4) is 34.3 Å². The minimum atomic E-state index is -3.81. The maximum absolute atomic E-state index is 13.2. The van der Waals surface area contributed by atoms with Crippen molar-refractivity contribution in [1.82, 2.24) is 35.4 Å².